The molecule has 0 spiro atoms. The Bertz CT molecular complexity index is 266. The third kappa shape index (κ3) is 3.32. The van der Waals surface area contributed by atoms with Crippen molar-refractivity contribution in [1.82, 2.24) is 4.98 Å². The number of pyridine rings is 1. The first-order valence-corrected chi connectivity index (χ1v) is 4.72. The Hall–Kier alpha value is -1.13. The molecule has 0 fully saturated rings. The minimum atomic E-state index is 0.442. The summed E-state index contributed by atoms with van der Waals surface area (Å²) in [4.78, 5) is 3.97. The fourth-order valence-corrected chi connectivity index (χ4v) is 1.06. The van der Waals surface area contributed by atoms with E-state index in [2.05, 4.69) is 4.98 Å². The quantitative estimate of drug-likeness (QED) is 0.688. The molecule has 0 radical (unpaired) electrons. The average Bonchev–Trinajstić information content (AvgIpc) is 2.25. The van der Waals surface area contributed by atoms with Crippen molar-refractivity contribution in [2.75, 3.05) is 19.8 Å². The van der Waals surface area contributed by atoms with Crippen molar-refractivity contribution >= 4 is 0 Å². The summed E-state index contributed by atoms with van der Waals surface area (Å²) in [5.74, 6) is 0.794. The molecule has 1 rings (SSSR count). The molecule has 4 nitrogen and oxygen atoms in total. The Kier molecular flexibility index (Phi) is 4.96. The monoisotopic (exact) mass is 196 g/mol. The van der Waals surface area contributed by atoms with E-state index in [1.807, 2.05) is 13.0 Å². The molecular formula is C10H16N2O2. The van der Waals surface area contributed by atoms with Crippen LogP contribution in [0.3, 0.4) is 0 Å². The number of aromatic nitrogens is 1. The summed E-state index contributed by atoms with van der Waals surface area (Å²) >= 11 is 0. The minimum absolute atomic E-state index is 0.442. The second-order valence-electron chi connectivity index (χ2n) is 2.73. The van der Waals surface area contributed by atoms with Gasteiger partial charge in [0.15, 0.2) is 0 Å². The fourth-order valence-electron chi connectivity index (χ4n) is 1.06. The first-order chi connectivity index (χ1) is 6.88. The normalized spacial score (nSPS) is 10.1. The summed E-state index contributed by atoms with van der Waals surface area (Å²) in [5.41, 5.74) is 6.45. The molecule has 78 valence electrons. The lowest BCUT2D eigenvalue weighted by Crippen LogP contribution is -2.09. The van der Waals surface area contributed by atoms with E-state index in [1.165, 1.54) is 0 Å². The van der Waals surface area contributed by atoms with Crippen molar-refractivity contribution in [3.8, 4) is 5.75 Å². The van der Waals surface area contributed by atoms with Crippen LogP contribution >= 0.6 is 0 Å². The van der Waals surface area contributed by atoms with Gasteiger partial charge in [-0.05, 0) is 13.0 Å². The molecule has 0 amide bonds. The SMILES string of the molecule is CCOCCOc1ccncc1CN. The molecule has 4 heteroatoms. The van der Waals surface area contributed by atoms with Crippen molar-refractivity contribution in [3.63, 3.8) is 0 Å². The van der Waals surface area contributed by atoms with Gasteiger partial charge in [0.05, 0.1) is 6.61 Å². The highest BCUT2D eigenvalue weighted by atomic mass is 16.5. The van der Waals surface area contributed by atoms with E-state index < -0.39 is 0 Å². The van der Waals surface area contributed by atoms with E-state index in [9.17, 15) is 0 Å². The summed E-state index contributed by atoms with van der Waals surface area (Å²) in [6.45, 7) is 4.26. The van der Waals surface area contributed by atoms with Crippen LogP contribution in [-0.2, 0) is 11.3 Å². The van der Waals surface area contributed by atoms with Gasteiger partial charge in [0.2, 0.25) is 0 Å². The first-order valence-electron chi connectivity index (χ1n) is 4.72. The third-order valence-electron chi connectivity index (χ3n) is 1.77. The second-order valence-corrected chi connectivity index (χ2v) is 2.73. The van der Waals surface area contributed by atoms with Crippen LogP contribution in [0.15, 0.2) is 18.5 Å². The summed E-state index contributed by atoms with van der Waals surface area (Å²) in [5, 5.41) is 0. The van der Waals surface area contributed by atoms with Crippen molar-refractivity contribution in [2.24, 2.45) is 5.73 Å². The summed E-state index contributed by atoms with van der Waals surface area (Å²) in [6, 6.07) is 1.81. The van der Waals surface area contributed by atoms with Gasteiger partial charge in [-0.1, -0.05) is 0 Å². The van der Waals surface area contributed by atoms with Crippen LogP contribution < -0.4 is 10.5 Å². The Morgan fingerprint density at radius 3 is 3.00 bits per heavy atom. The van der Waals surface area contributed by atoms with E-state index in [1.54, 1.807) is 12.4 Å². The maximum absolute atomic E-state index is 5.53. The molecule has 2 N–H and O–H groups in total. The Morgan fingerprint density at radius 2 is 2.29 bits per heavy atom. The standard InChI is InChI=1S/C10H16N2O2/c1-2-13-5-6-14-10-3-4-12-8-9(10)7-11/h3-4,8H,2,5-7,11H2,1H3. The maximum Gasteiger partial charge on any atom is 0.126 e. The van der Waals surface area contributed by atoms with Crippen molar-refractivity contribution in [3.05, 3.63) is 24.0 Å². The second kappa shape index (κ2) is 6.34. The predicted octanol–water partition coefficient (Wildman–Crippen LogP) is 0.956. The van der Waals surface area contributed by atoms with Crippen LogP contribution in [-0.4, -0.2) is 24.8 Å². The van der Waals surface area contributed by atoms with Gasteiger partial charge in [-0.15, -0.1) is 0 Å². The molecule has 0 bridgehead atoms. The molecule has 1 aromatic rings. The van der Waals surface area contributed by atoms with Crippen LogP contribution in [0.5, 0.6) is 5.75 Å². The molecule has 0 aromatic carbocycles. The largest absolute Gasteiger partial charge is 0.491 e. The van der Waals surface area contributed by atoms with Gasteiger partial charge >= 0.3 is 0 Å². The smallest absolute Gasteiger partial charge is 0.126 e. The van der Waals surface area contributed by atoms with Gasteiger partial charge in [-0.2, -0.15) is 0 Å². The van der Waals surface area contributed by atoms with Gasteiger partial charge in [0.1, 0.15) is 12.4 Å². The van der Waals surface area contributed by atoms with E-state index >= 15 is 0 Å². The molecule has 1 heterocycles. The van der Waals surface area contributed by atoms with Crippen molar-refractivity contribution in [1.29, 1.82) is 0 Å². The Labute approximate surface area is 84.0 Å². The summed E-state index contributed by atoms with van der Waals surface area (Å²) in [7, 11) is 0. The number of hydrogen-bond donors (Lipinski definition) is 1. The summed E-state index contributed by atoms with van der Waals surface area (Å²) < 4.78 is 10.6. The van der Waals surface area contributed by atoms with E-state index in [4.69, 9.17) is 15.2 Å². The van der Waals surface area contributed by atoms with Crippen LogP contribution in [0, 0.1) is 0 Å². The van der Waals surface area contributed by atoms with Crippen LogP contribution in [0.4, 0.5) is 0 Å². The van der Waals surface area contributed by atoms with Crippen LogP contribution in [0.2, 0.25) is 0 Å². The van der Waals surface area contributed by atoms with E-state index in [-0.39, 0.29) is 0 Å². The minimum Gasteiger partial charge on any atom is -0.491 e. The first kappa shape index (κ1) is 10.9. The van der Waals surface area contributed by atoms with Crippen molar-refractivity contribution < 1.29 is 9.47 Å². The molecule has 0 aliphatic carbocycles. The van der Waals surface area contributed by atoms with Gasteiger partial charge in [-0.25, -0.2) is 0 Å². The highest BCUT2D eigenvalue weighted by molar-refractivity contribution is 5.29. The van der Waals surface area contributed by atoms with E-state index in [0.717, 1.165) is 11.3 Å². The molecule has 0 saturated carbocycles. The molecule has 0 saturated heterocycles. The predicted molar refractivity (Wildman–Crippen MR) is 54.1 cm³/mol. The molecule has 0 aliphatic heterocycles. The zero-order valence-electron chi connectivity index (χ0n) is 8.40. The molecular weight excluding hydrogens is 180 g/mol. The van der Waals surface area contributed by atoms with Crippen molar-refractivity contribution in [2.45, 2.75) is 13.5 Å². The highest BCUT2D eigenvalue weighted by Gasteiger charge is 2.00. The molecule has 14 heavy (non-hydrogen) atoms. The number of rotatable bonds is 6. The Balaban J connectivity index is 2.41. The number of nitrogens with zero attached hydrogens (tertiary/aromatic N) is 1. The van der Waals surface area contributed by atoms with Gasteiger partial charge in [0, 0.05) is 31.1 Å². The van der Waals surface area contributed by atoms with Crippen LogP contribution in [0.1, 0.15) is 12.5 Å². The van der Waals surface area contributed by atoms with Gasteiger partial charge < -0.3 is 15.2 Å². The zero-order chi connectivity index (χ0) is 10.2. The molecule has 0 atom stereocenters. The topological polar surface area (TPSA) is 57.4 Å². The van der Waals surface area contributed by atoms with Gasteiger partial charge in [0.25, 0.3) is 0 Å². The number of ether oxygens (including phenoxy) is 2. The average molecular weight is 196 g/mol. The highest BCUT2D eigenvalue weighted by Crippen LogP contribution is 2.15. The third-order valence-corrected chi connectivity index (χ3v) is 1.77. The fraction of sp³-hybridized carbons (Fsp3) is 0.500. The lowest BCUT2D eigenvalue weighted by atomic mass is 10.2. The Morgan fingerprint density at radius 1 is 1.43 bits per heavy atom. The number of nitrogens with two attached hydrogens (primary N) is 1. The summed E-state index contributed by atoms with van der Waals surface area (Å²) in [6.07, 6.45) is 3.41. The van der Waals surface area contributed by atoms with E-state index in [0.29, 0.717) is 26.4 Å². The number of hydrogen-bond acceptors (Lipinski definition) is 4. The zero-order valence-corrected chi connectivity index (χ0v) is 8.40. The van der Waals surface area contributed by atoms with Crippen LogP contribution in [0.25, 0.3) is 0 Å². The molecule has 0 unspecified atom stereocenters. The molecule has 1 aromatic heterocycles. The lowest BCUT2D eigenvalue weighted by Gasteiger charge is -2.09. The van der Waals surface area contributed by atoms with Gasteiger partial charge in [-0.3, -0.25) is 4.98 Å². The maximum atomic E-state index is 5.53. The molecule has 0 aliphatic rings. The lowest BCUT2D eigenvalue weighted by molar-refractivity contribution is 0.110.